The maximum atomic E-state index is 12.6. The van der Waals surface area contributed by atoms with Crippen molar-refractivity contribution in [2.75, 3.05) is 36.9 Å². The Hall–Kier alpha value is -1.96. The molecule has 0 spiro atoms. The van der Waals surface area contributed by atoms with E-state index >= 15 is 0 Å². The van der Waals surface area contributed by atoms with Gasteiger partial charge in [0.2, 0.25) is 0 Å². The van der Waals surface area contributed by atoms with Crippen molar-refractivity contribution in [3.63, 3.8) is 0 Å². The average Bonchev–Trinajstić information content (AvgIpc) is 2.37. The molecule has 0 unspecified atom stereocenters. The number of halogens is 3. The van der Waals surface area contributed by atoms with Crippen molar-refractivity contribution >= 4 is 17.3 Å². The zero-order chi connectivity index (χ0) is 16.0. The van der Waals surface area contributed by atoms with Gasteiger partial charge in [0.1, 0.15) is 6.54 Å². The van der Waals surface area contributed by atoms with Crippen molar-refractivity contribution in [3.8, 4) is 0 Å². The zero-order valence-electron chi connectivity index (χ0n) is 11.5. The minimum absolute atomic E-state index is 0.0342. The fraction of sp³-hybridized carbons (Fsp3) is 0.462. The topological polar surface area (TPSA) is 75.8 Å². The number of esters is 1. The summed E-state index contributed by atoms with van der Waals surface area (Å²) in [6.07, 6.45) is -4.46. The highest BCUT2D eigenvalue weighted by Crippen LogP contribution is 2.28. The van der Waals surface area contributed by atoms with Gasteiger partial charge < -0.3 is 20.5 Å². The number of carbonyl (C=O) groups excluding carboxylic acids is 1. The molecular weight excluding hydrogens is 289 g/mol. The maximum Gasteiger partial charge on any atom is 0.405 e. The van der Waals surface area contributed by atoms with Crippen LogP contribution in [0.3, 0.4) is 0 Å². The van der Waals surface area contributed by atoms with Gasteiger partial charge in [-0.1, -0.05) is 0 Å². The monoisotopic (exact) mass is 306 g/mol. The lowest BCUT2D eigenvalue weighted by Gasteiger charge is -2.26. The number of aliphatic hydroxyl groups is 1. The summed E-state index contributed by atoms with van der Waals surface area (Å²) in [5.41, 5.74) is 5.89. The Labute approximate surface area is 120 Å². The van der Waals surface area contributed by atoms with Gasteiger partial charge in [0.05, 0.1) is 30.2 Å². The number of rotatable bonds is 6. The Morgan fingerprint density at radius 1 is 1.43 bits per heavy atom. The van der Waals surface area contributed by atoms with Gasteiger partial charge in [0.25, 0.3) is 0 Å². The highest BCUT2D eigenvalue weighted by Gasteiger charge is 2.31. The van der Waals surface area contributed by atoms with Crippen LogP contribution in [0.25, 0.3) is 0 Å². The van der Waals surface area contributed by atoms with E-state index in [1.165, 1.54) is 18.2 Å². The second-order valence-corrected chi connectivity index (χ2v) is 4.25. The Morgan fingerprint density at radius 2 is 2.10 bits per heavy atom. The van der Waals surface area contributed by atoms with Gasteiger partial charge in [-0.3, -0.25) is 0 Å². The molecule has 0 aliphatic heterocycles. The number of nitrogen functional groups attached to an aromatic ring is 1. The highest BCUT2D eigenvalue weighted by atomic mass is 19.4. The van der Waals surface area contributed by atoms with Crippen molar-refractivity contribution in [1.29, 1.82) is 0 Å². The lowest BCUT2D eigenvalue weighted by molar-refractivity contribution is -0.119. The Bertz CT molecular complexity index is 492. The minimum Gasteiger partial charge on any atom is -0.462 e. The molecule has 0 aliphatic rings. The molecule has 0 fully saturated rings. The first-order valence-electron chi connectivity index (χ1n) is 6.27. The molecule has 0 atom stereocenters. The molecule has 118 valence electrons. The minimum atomic E-state index is -4.46. The quantitative estimate of drug-likeness (QED) is 0.619. The van der Waals surface area contributed by atoms with Gasteiger partial charge >= 0.3 is 12.1 Å². The molecule has 8 heteroatoms. The number of alkyl halides is 3. The number of ether oxygens (including phenoxy) is 1. The standard InChI is InChI=1S/C13H17F3N2O3/c1-2-21-12(20)9-3-4-10(17)11(7-9)18(5-6-19)8-13(14,15)16/h3-4,7,19H,2,5-6,8,17H2,1H3. The van der Waals surface area contributed by atoms with E-state index in [0.29, 0.717) is 0 Å². The lowest BCUT2D eigenvalue weighted by atomic mass is 10.1. The van der Waals surface area contributed by atoms with E-state index in [4.69, 9.17) is 15.6 Å². The van der Waals surface area contributed by atoms with Crippen LogP contribution in [-0.2, 0) is 4.74 Å². The average molecular weight is 306 g/mol. The first kappa shape index (κ1) is 17.1. The van der Waals surface area contributed by atoms with Crippen LogP contribution >= 0.6 is 0 Å². The lowest BCUT2D eigenvalue weighted by Crippen LogP contribution is -2.36. The van der Waals surface area contributed by atoms with E-state index in [9.17, 15) is 18.0 Å². The number of hydrogen-bond acceptors (Lipinski definition) is 5. The SMILES string of the molecule is CCOC(=O)c1ccc(N)c(N(CCO)CC(F)(F)F)c1. The van der Waals surface area contributed by atoms with Crippen LogP contribution in [0.4, 0.5) is 24.5 Å². The van der Waals surface area contributed by atoms with Crippen molar-refractivity contribution in [2.24, 2.45) is 0 Å². The largest absolute Gasteiger partial charge is 0.462 e. The second kappa shape index (κ2) is 7.16. The molecule has 0 aromatic heterocycles. The van der Waals surface area contributed by atoms with Crippen molar-refractivity contribution < 1.29 is 27.8 Å². The van der Waals surface area contributed by atoms with E-state index in [1.54, 1.807) is 6.92 Å². The summed E-state index contributed by atoms with van der Waals surface area (Å²) >= 11 is 0. The fourth-order valence-corrected chi connectivity index (χ4v) is 1.78. The summed E-state index contributed by atoms with van der Waals surface area (Å²) in [7, 11) is 0. The van der Waals surface area contributed by atoms with Crippen LogP contribution in [0.15, 0.2) is 18.2 Å². The van der Waals surface area contributed by atoms with E-state index in [0.717, 1.165) is 4.90 Å². The molecule has 1 rings (SSSR count). The van der Waals surface area contributed by atoms with Crippen LogP contribution in [0.5, 0.6) is 0 Å². The molecular formula is C13H17F3N2O3. The molecule has 1 aromatic rings. The van der Waals surface area contributed by atoms with Gasteiger partial charge in [-0.05, 0) is 25.1 Å². The Kier molecular flexibility index (Phi) is 5.83. The smallest absolute Gasteiger partial charge is 0.405 e. The number of aliphatic hydroxyl groups excluding tert-OH is 1. The van der Waals surface area contributed by atoms with Crippen LogP contribution in [-0.4, -0.2) is 43.6 Å². The van der Waals surface area contributed by atoms with Crippen molar-refractivity contribution in [1.82, 2.24) is 0 Å². The van der Waals surface area contributed by atoms with E-state index in [-0.39, 0.29) is 30.1 Å². The van der Waals surface area contributed by atoms with Crippen molar-refractivity contribution in [2.45, 2.75) is 13.1 Å². The summed E-state index contributed by atoms with van der Waals surface area (Å²) in [4.78, 5) is 12.5. The predicted molar refractivity (Wildman–Crippen MR) is 72.2 cm³/mol. The molecule has 0 radical (unpaired) electrons. The summed E-state index contributed by atoms with van der Waals surface area (Å²) in [5, 5.41) is 8.91. The molecule has 5 nitrogen and oxygen atoms in total. The number of nitrogens with two attached hydrogens (primary N) is 1. The van der Waals surface area contributed by atoms with E-state index in [2.05, 4.69) is 0 Å². The molecule has 0 saturated carbocycles. The summed E-state index contributed by atoms with van der Waals surface area (Å²) in [6, 6.07) is 3.94. The van der Waals surface area contributed by atoms with Crippen LogP contribution < -0.4 is 10.6 Å². The van der Waals surface area contributed by atoms with Gasteiger partial charge in [0, 0.05) is 6.54 Å². The first-order chi connectivity index (χ1) is 9.78. The van der Waals surface area contributed by atoms with Gasteiger partial charge in [-0.25, -0.2) is 4.79 Å². The van der Waals surface area contributed by atoms with Gasteiger partial charge in [-0.15, -0.1) is 0 Å². The van der Waals surface area contributed by atoms with E-state index in [1.807, 2.05) is 0 Å². The second-order valence-electron chi connectivity index (χ2n) is 4.25. The van der Waals surface area contributed by atoms with Gasteiger partial charge in [0.15, 0.2) is 0 Å². The number of carbonyl (C=O) groups is 1. The van der Waals surface area contributed by atoms with Crippen LogP contribution in [0.2, 0.25) is 0 Å². The highest BCUT2D eigenvalue weighted by molar-refractivity contribution is 5.92. The van der Waals surface area contributed by atoms with Gasteiger partial charge in [-0.2, -0.15) is 13.2 Å². The molecule has 0 heterocycles. The maximum absolute atomic E-state index is 12.6. The van der Waals surface area contributed by atoms with Crippen molar-refractivity contribution in [3.05, 3.63) is 23.8 Å². The predicted octanol–water partition coefficient (Wildman–Crippen LogP) is 1.81. The third kappa shape index (κ3) is 5.14. The number of hydrogen-bond donors (Lipinski definition) is 2. The zero-order valence-corrected chi connectivity index (χ0v) is 11.5. The molecule has 3 N–H and O–H groups in total. The molecule has 0 amide bonds. The number of anilines is 2. The summed E-state index contributed by atoms with van der Waals surface area (Å²) < 4.78 is 42.5. The Balaban J connectivity index is 3.11. The number of nitrogens with zero attached hydrogens (tertiary/aromatic N) is 1. The molecule has 0 bridgehead atoms. The normalized spacial score (nSPS) is 11.3. The molecule has 0 aliphatic carbocycles. The van der Waals surface area contributed by atoms with Crippen LogP contribution in [0, 0.1) is 0 Å². The summed E-state index contributed by atoms with van der Waals surface area (Å²) in [6.45, 7) is -0.224. The molecule has 21 heavy (non-hydrogen) atoms. The summed E-state index contributed by atoms with van der Waals surface area (Å²) in [5.74, 6) is -0.644. The first-order valence-corrected chi connectivity index (χ1v) is 6.27. The van der Waals surface area contributed by atoms with Crippen LogP contribution in [0.1, 0.15) is 17.3 Å². The fourth-order valence-electron chi connectivity index (χ4n) is 1.78. The third-order valence-corrected chi connectivity index (χ3v) is 2.62. The number of benzene rings is 1. The molecule has 0 saturated heterocycles. The molecule has 1 aromatic carbocycles. The Morgan fingerprint density at radius 3 is 2.62 bits per heavy atom. The van der Waals surface area contributed by atoms with E-state index < -0.39 is 25.3 Å². The third-order valence-electron chi connectivity index (χ3n) is 2.62.